The van der Waals surface area contributed by atoms with Crippen molar-refractivity contribution in [3.05, 3.63) is 57.3 Å². The second kappa shape index (κ2) is 6.46. The second-order valence-corrected chi connectivity index (χ2v) is 5.97. The van der Waals surface area contributed by atoms with E-state index in [9.17, 15) is 8.78 Å². The SMILES string of the molecule is CCC(NC(C)c1cc(F)c(C)cc1F)c1cccs1. The number of halogens is 2. The topological polar surface area (TPSA) is 12.0 Å². The van der Waals surface area contributed by atoms with Gasteiger partial charge in [0, 0.05) is 22.5 Å². The summed E-state index contributed by atoms with van der Waals surface area (Å²) in [5, 5.41) is 5.40. The zero-order chi connectivity index (χ0) is 14.7. The van der Waals surface area contributed by atoms with E-state index in [1.54, 1.807) is 18.3 Å². The van der Waals surface area contributed by atoms with E-state index in [1.165, 1.54) is 17.0 Å². The summed E-state index contributed by atoms with van der Waals surface area (Å²) in [5.41, 5.74) is 0.715. The van der Waals surface area contributed by atoms with Gasteiger partial charge in [-0.3, -0.25) is 0 Å². The molecule has 108 valence electrons. The van der Waals surface area contributed by atoms with Crippen molar-refractivity contribution in [2.75, 3.05) is 0 Å². The summed E-state index contributed by atoms with van der Waals surface area (Å²) in [6, 6.07) is 6.54. The highest BCUT2D eigenvalue weighted by Gasteiger charge is 2.18. The van der Waals surface area contributed by atoms with Crippen LogP contribution in [0.15, 0.2) is 29.6 Å². The highest BCUT2D eigenvalue weighted by molar-refractivity contribution is 7.10. The lowest BCUT2D eigenvalue weighted by Crippen LogP contribution is -2.24. The Morgan fingerprint density at radius 2 is 2.00 bits per heavy atom. The van der Waals surface area contributed by atoms with Crippen LogP contribution in [0.3, 0.4) is 0 Å². The van der Waals surface area contributed by atoms with Crippen molar-refractivity contribution in [3.63, 3.8) is 0 Å². The summed E-state index contributed by atoms with van der Waals surface area (Å²) >= 11 is 1.67. The van der Waals surface area contributed by atoms with Crippen LogP contribution < -0.4 is 5.32 Å². The van der Waals surface area contributed by atoms with Crippen LogP contribution >= 0.6 is 11.3 Å². The first-order chi connectivity index (χ1) is 9.52. The molecule has 0 saturated carbocycles. The first-order valence-electron chi connectivity index (χ1n) is 6.78. The number of hydrogen-bond acceptors (Lipinski definition) is 2. The second-order valence-electron chi connectivity index (χ2n) is 4.99. The lowest BCUT2D eigenvalue weighted by Gasteiger charge is -2.22. The van der Waals surface area contributed by atoms with E-state index in [1.807, 2.05) is 18.4 Å². The molecule has 0 radical (unpaired) electrons. The van der Waals surface area contributed by atoms with Crippen LogP contribution in [0.4, 0.5) is 8.78 Å². The molecule has 0 aliphatic rings. The molecule has 0 aliphatic carbocycles. The molecule has 1 nitrogen and oxygen atoms in total. The van der Waals surface area contributed by atoms with Crippen LogP contribution in [-0.4, -0.2) is 0 Å². The molecule has 0 aliphatic heterocycles. The Morgan fingerprint density at radius 1 is 1.25 bits per heavy atom. The third kappa shape index (κ3) is 3.25. The van der Waals surface area contributed by atoms with Gasteiger partial charge in [-0.1, -0.05) is 13.0 Å². The first kappa shape index (κ1) is 15.1. The summed E-state index contributed by atoms with van der Waals surface area (Å²) in [7, 11) is 0. The van der Waals surface area contributed by atoms with Crippen molar-refractivity contribution in [3.8, 4) is 0 Å². The minimum atomic E-state index is -0.362. The van der Waals surface area contributed by atoms with Gasteiger partial charge in [0.2, 0.25) is 0 Å². The molecule has 4 heteroatoms. The smallest absolute Gasteiger partial charge is 0.128 e. The normalized spacial score (nSPS) is 14.2. The zero-order valence-corrected chi connectivity index (χ0v) is 12.7. The third-order valence-corrected chi connectivity index (χ3v) is 4.48. The van der Waals surface area contributed by atoms with Crippen LogP contribution in [0.25, 0.3) is 0 Å². The van der Waals surface area contributed by atoms with E-state index in [-0.39, 0.29) is 23.7 Å². The Balaban J connectivity index is 2.19. The number of nitrogens with one attached hydrogen (secondary N) is 1. The maximum atomic E-state index is 14.0. The molecule has 2 rings (SSSR count). The average Bonchev–Trinajstić information content (AvgIpc) is 2.93. The molecule has 0 amide bonds. The minimum Gasteiger partial charge on any atom is -0.303 e. The van der Waals surface area contributed by atoms with Crippen molar-refractivity contribution in [2.24, 2.45) is 0 Å². The molecule has 1 N–H and O–H groups in total. The molecule has 1 heterocycles. The van der Waals surface area contributed by atoms with Gasteiger partial charge in [-0.25, -0.2) is 8.78 Å². The number of rotatable bonds is 5. The van der Waals surface area contributed by atoms with Crippen LogP contribution in [0.1, 0.15) is 48.4 Å². The molecular formula is C16H19F2NS. The summed E-state index contributed by atoms with van der Waals surface area (Å²) in [6.07, 6.45) is 0.904. The fourth-order valence-electron chi connectivity index (χ4n) is 2.28. The maximum absolute atomic E-state index is 14.0. The molecule has 0 saturated heterocycles. The maximum Gasteiger partial charge on any atom is 0.128 e. The molecule has 1 aromatic carbocycles. The largest absolute Gasteiger partial charge is 0.303 e. The van der Waals surface area contributed by atoms with E-state index in [0.29, 0.717) is 11.1 Å². The molecule has 2 aromatic rings. The Morgan fingerprint density at radius 3 is 2.60 bits per heavy atom. The minimum absolute atomic E-state index is 0.161. The van der Waals surface area contributed by atoms with E-state index >= 15 is 0 Å². The van der Waals surface area contributed by atoms with Gasteiger partial charge in [0.25, 0.3) is 0 Å². The molecule has 0 bridgehead atoms. The van der Waals surface area contributed by atoms with Crippen molar-refractivity contribution in [1.82, 2.24) is 5.32 Å². The number of aryl methyl sites for hydroxylation is 1. The summed E-state index contributed by atoms with van der Waals surface area (Å²) in [6.45, 7) is 5.51. The Kier molecular flexibility index (Phi) is 4.89. The molecule has 20 heavy (non-hydrogen) atoms. The van der Waals surface area contributed by atoms with Gasteiger partial charge in [0.15, 0.2) is 0 Å². The van der Waals surface area contributed by atoms with Gasteiger partial charge < -0.3 is 5.32 Å². The number of thiophene rings is 1. The Bertz CT molecular complexity index is 566. The first-order valence-corrected chi connectivity index (χ1v) is 7.65. The Labute approximate surface area is 122 Å². The van der Waals surface area contributed by atoms with E-state index in [0.717, 1.165) is 6.42 Å². The molecule has 0 spiro atoms. The molecule has 2 atom stereocenters. The predicted molar refractivity (Wildman–Crippen MR) is 80.0 cm³/mol. The molecule has 1 aromatic heterocycles. The van der Waals surface area contributed by atoms with Crippen LogP contribution in [0.2, 0.25) is 0 Å². The molecule has 0 fully saturated rings. The van der Waals surface area contributed by atoms with Crippen LogP contribution in [-0.2, 0) is 0 Å². The Hall–Kier alpha value is -1.26. The van der Waals surface area contributed by atoms with Crippen molar-refractivity contribution in [2.45, 2.75) is 39.3 Å². The standard InChI is InChI=1S/C16H19F2NS/c1-4-15(16-6-5-7-20-16)19-11(3)12-9-13(17)10(2)8-14(12)18/h5-9,11,15,19H,4H2,1-3H3. The molecule has 2 unspecified atom stereocenters. The monoisotopic (exact) mass is 295 g/mol. The van der Waals surface area contributed by atoms with Gasteiger partial charge in [0.1, 0.15) is 11.6 Å². The van der Waals surface area contributed by atoms with Gasteiger partial charge in [-0.05, 0) is 49.4 Å². The lowest BCUT2D eigenvalue weighted by molar-refractivity contribution is 0.444. The van der Waals surface area contributed by atoms with E-state index < -0.39 is 0 Å². The van der Waals surface area contributed by atoms with Crippen molar-refractivity contribution >= 4 is 11.3 Å². The quantitative estimate of drug-likeness (QED) is 0.805. The summed E-state index contributed by atoms with van der Waals surface area (Å²) < 4.78 is 27.6. The fraction of sp³-hybridized carbons (Fsp3) is 0.375. The number of benzene rings is 1. The summed E-state index contributed by atoms with van der Waals surface area (Å²) in [5.74, 6) is -0.718. The lowest BCUT2D eigenvalue weighted by atomic mass is 10.0. The molecular weight excluding hydrogens is 276 g/mol. The van der Waals surface area contributed by atoms with Gasteiger partial charge in [-0.2, -0.15) is 0 Å². The fourth-order valence-corrected chi connectivity index (χ4v) is 3.15. The van der Waals surface area contributed by atoms with Crippen molar-refractivity contribution in [1.29, 1.82) is 0 Å². The van der Waals surface area contributed by atoms with Crippen LogP contribution in [0, 0.1) is 18.6 Å². The van der Waals surface area contributed by atoms with Crippen molar-refractivity contribution < 1.29 is 8.78 Å². The zero-order valence-electron chi connectivity index (χ0n) is 11.9. The number of hydrogen-bond donors (Lipinski definition) is 1. The third-order valence-electron chi connectivity index (χ3n) is 3.49. The highest BCUT2D eigenvalue weighted by Crippen LogP contribution is 2.27. The van der Waals surface area contributed by atoms with E-state index in [2.05, 4.69) is 18.3 Å². The van der Waals surface area contributed by atoms with Crippen LogP contribution in [0.5, 0.6) is 0 Å². The predicted octanol–water partition coefficient (Wildman–Crippen LogP) is 5.14. The summed E-state index contributed by atoms with van der Waals surface area (Å²) in [4.78, 5) is 1.22. The average molecular weight is 295 g/mol. The van der Waals surface area contributed by atoms with E-state index in [4.69, 9.17) is 0 Å². The van der Waals surface area contributed by atoms with Gasteiger partial charge >= 0.3 is 0 Å². The highest BCUT2D eigenvalue weighted by atomic mass is 32.1. The van der Waals surface area contributed by atoms with Gasteiger partial charge in [0.05, 0.1) is 0 Å². The van der Waals surface area contributed by atoms with Gasteiger partial charge in [-0.15, -0.1) is 11.3 Å².